The number of hydrogen-bond donors (Lipinski definition) is 3. The number of fused-ring (bicyclic) bond motifs is 1. The van der Waals surface area contributed by atoms with Gasteiger partial charge in [0.1, 0.15) is 16.5 Å². The Morgan fingerprint density at radius 3 is 2.73 bits per heavy atom. The molecule has 0 bridgehead atoms. The van der Waals surface area contributed by atoms with Crippen molar-refractivity contribution in [1.82, 2.24) is 5.43 Å². The molecule has 0 amide bonds. The largest absolute Gasteiger partial charge is 0.505 e. The lowest BCUT2D eigenvalue weighted by Gasteiger charge is -2.06. The molecule has 9 heteroatoms. The minimum atomic E-state index is -0.292. The predicted octanol–water partition coefficient (Wildman–Crippen LogP) is 4.34. The van der Waals surface area contributed by atoms with Crippen molar-refractivity contribution in [1.29, 1.82) is 0 Å². The zero-order valence-corrected chi connectivity index (χ0v) is 17.0. The number of phenols is 1. The molecule has 0 atom stereocenters. The maximum atomic E-state index is 12.6. The average molecular weight is 497 g/mol. The lowest BCUT2D eigenvalue weighted by atomic mass is 10.2. The fraction of sp³-hybridized carbons (Fsp3) is 0. The van der Waals surface area contributed by atoms with Crippen LogP contribution in [0.15, 0.2) is 65.9 Å². The molecule has 26 heavy (non-hydrogen) atoms. The number of para-hydroxylation sites is 1. The number of nitrogens with zero attached hydrogens (tertiary/aromatic N) is 1. The minimum absolute atomic E-state index is 0.0407. The second-order valence-electron chi connectivity index (χ2n) is 5.11. The third kappa shape index (κ3) is 3.95. The maximum absolute atomic E-state index is 12.6. The quantitative estimate of drug-likeness (QED) is 0.284. The number of rotatable bonds is 3. The van der Waals surface area contributed by atoms with Crippen molar-refractivity contribution < 1.29 is 9.52 Å². The number of anilines is 1. The summed E-state index contributed by atoms with van der Waals surface area (Å²) in [5, 5.41) is 17.4. The number of benzene rings is 2. The summed E-state index contributed by atoms with van der Waals surface area (Å²) < 4.78 is 6.13. The second kappa shape index (κ2) is 7.98. The van der Waals surface area contributed by atoms with Crippen molar-refractivity contribution in [3.63, 3.8) is 0 Å². The van der Waals surface area contributed by atoms with Crippen LogP contribution in [0.1, 0.15) is 5.56 Å². The number of nitrogens with one attached hydrogen (secondary N) is 2. The van der Waals surface area contributed by atoms with Crippen molar-refractivity contribution in [2.24, 2.45) is 5.10 Å². The van der Waals surface area contributed by atoms with Crippen LogP contribution < -0.4 is 16.2 Å². The first-order valence-corrected chi connectivity index (χ1v) is 9.24. The molecule has 3 rings (SSSR count). The molecular formula is C17H11Br2N3O3S. The van der Waals surface area contributed by atoms with E-state index in [2.05, 4.69) is 47.7 Å². The Morgan fingerprint density at radius 2 is 2.00 bits per heavy atom. The highest BCUT2D eigenvalue weighted by Crippen LogP contribution is 2.37. The Bertz CT molecular complexity index is 1070. The van der Waals surface area contributed by atoms with E-state index in [0.29, 0.717) is 14.3 Å². The first-order chi connectivity index (χ1) is 12.5. The van der Waals surface area contributed by atoms with Gasteiger partial charge in [0.15, 0.2) is 10.7 Å². The first kappa shape index (κ1) is 18.6. The van der Waals surface area contributed by atoms with Gasteiger partial charge in [0.25, 0.3) is 0 Å². The van der Waals surface area contributed by atoms with Gasteiger partial charge in [-0.2, -0.15) is 5.10 Å². The highest BCUT2D eigenvalue weighted by atomic mass is 79.9. The Hall–Kier alpha value is -2.23. The lowest BCUT2D eigenvalue weighted by molar-refractivity contribution is 0.467. The normalized spacial score (nSPS) is 11.0. The highest BCUT2D eigenvalue weighted by Gasteiger charge is 2.14. The standard InChI is InChI=1S/C17H11Br2N3O3S/c18-12-6-11-14(23)9(8-25-16(11)13(19)15(12)24)7-20-22-17(26)21-10-4-2-1-3-5-10/h1-8,24H,(H2,21,22,26)/b20-7+. The van der Waals surface area contributed by atoms with Gasteiger partial charge in [-0.05, 0) is 62.3 Å². The van der Waals surface area contributed by atoms with Gasteiger partial charge in [0.2, 0.25) is 5.43 Å². The van der Waals surface area contributed by atoms with Gasteiger partial charge in [-0.15, -0.1) is 0 Å². The van der Waals surface area contributed by atoms with Crippen LogP contribution in [0, 0.1) is 0 Å². The summed E-state index contributed by atoms with van der Waals surface area (Å²) in [6.07, 6.45) is 2.58. The minimum Gasteiger partial charge on any atom is -0.505 e. The number of aromatic hydroxyl groups is 1. The molecule has 2 aromatic carbocycles. The summed E-state index contributed by atoms with van der Waals surface area (Å²) in [6, 6.07) is 10.9. The summed E-state index contributed by atoms with van der Waals surface area (Å²) in [5.41, 5.74) is 3.65. The van der Waals surface area contributed by atoms with E-state index in [4.69, 9.17) is 16.6 Å². The predicted molar refractivity (Wildman–Crippen MR) is 113 cm³/mol. The van der Waals surface area contributed by atoms with Crippen molar-refractivity contribution in [2.45, 2.75) is 0 Å². The smallest absolute Gasteiger partial charge is 0.201 e. The number of hydrogen-bond acceptors (Lipinski definition) is 5. The fourth-order valence-electron chi connectivity index (χ4n) is 2.14. The third-order valence-electron chi connectivity index (χ3n) is 3.36. The van der Waals surface area contributed by atoms with Crippen LogP contribution in [0.4, 0.5) is 5.69 Å². The molecule has 0 saturated heterocycles. The van der Waals surface area contributed by atoms with E-state index in [1.54, 1.807) is 0 Å². The van der Waals surface area contributed by atoms with Crippen molar-refractivity contribution in [3.05, 3.63) is 67.4 Å². The molecule has 0 aliphatic heterocycles. The number of halogens is 2. The van der Waals surface area contributed by atoms with E-state index in [0.717, 1.165) is 5.69 Å². The molecule has 0 radical (unpaired) electrons. The van der Waals surface area contributed by atoms with Crippen LogP contribution in [0.3, 0.4) is 0 Å². The maximum Gasteiger partial charge on any atom is 0.201 e. The highest BCUT2D eigenvalue weighted by molar-refractivity contribution is 9.11. The van der Waals surface area contributed by atoms with Crippen LogP contribution in [0.2, 0.25) is 0 Å². The average Bonchev–Trinajstić information content (AvgIpc) is 2.63. The Labute approximate surface area is 170 Å². The molecule has 0 saturated carbocycles. The van der Waals surface area contributed by atoms with Gasteiger partial charge in [-0.1, -0.05) is 18.2 Å². The van der Waals surface area contributed by atoms with Crippen LogP contribution in [0.25, 0.3) is 11.0 Å². The van der Waals surface area contributed by atoms with E-state index < -0.39 is 0 Å². The molecule has 0 spiro atoms. The van der Waals surface area contributed by atoms with Crippen LogP contribution in [0.5, 0.6) is 5.75 Å². The molecule has 0 aliphatic rings. The summed E-state index contributed by atoms with van der Waals surface area (Å²) >= 11 is 11.5. The second-order valence-corrected chi connectivity index (χ2v) is 7.16. The summed E-state index contributed by atoms with van der Waals surface area (Å²) in [7, 11) is 0. The van der Waals surface area contributed by atoms with Crippen LogP contribution in [-0.4, -0.2) is 16.4 Å². The molecule has 6 nitrogen and oxygen atoms in total. The van der Waals surface area contributed by atoms with E-state index in [9.17, 15) is 9.90 Å². The molecule has 132 valence electrons. The van der Waals surface area contributed by atoms with Crippen molar-refractivity contribution in [2.75, 3.05) is 5.32 Å². The van der Waals surface area contributed by atoms with Crippen molar-refractivity contribution >= 4 is 72.1 Å². The zero-order chi connectivity index (χ0) is 18.7. The molecular weight excluding hydrogens is 486 g/mol. The number of phenolic OH excluding ortho intramolecular Hbond substituents is 1. The SMILES string of the molecule is O=c1c(/C=N/NC(=S)Nc2ccccc2)coc2c(Br)c(O)c(Br)cc12. The van der Waals surface area contributed by atoms with E-state index in [-0.39, 0.29) is 27.4 Å². The number of thiocarbonyl (C=S) groups is 1. The molecule has 0 aliphatic carbocycles. The summed E-state index contributed by atoms with van der Waals surface area (Å²) in [5.74, 6) is -0.0407. The lowest BCUT2D eigenvalue weighted by Crippen LogP contribution is -2.24. The van der Waals surface area contributed by atoms with Crippen LogP contribution in [-0.2, 0) is 0 Å². The van der Waals surface area contributed by atoms with Gasteiger partial charge >= 0.3 is 0 Å². The molecule has 0 unspecified atom stereocenters. The molecule has 3 aromatic rings. The summed E-state index contributed by atoms with van der Waals surface area (Å²) in [4.78, 5) is 12.6. The fourth-order valence-corrected chi connectivity index (χ4v) is 3.52. The third-order valence-corrected chi connectivity index (χ3v) is 4.89. The molecule has 1 aromatic heterocycles. The first-order valence-electron chi connectivity index (χ1n) is 7.25. The topological polar surface area (TPSA) is 86.9 Å². The van der Waals surface area contributed by atoms with Crippen molar-refractivity contribution in [3.8, 4) is 5.75 Å². The Kier molecular flexibility index (Phi) is 5.70. The van der Waals surface area contributed by atoms with Gasteiger partial charge in [0, 0.05) is 5.69 Å². The molecule has 0 fully saturated rings. The number of hydrazone groups is 1. The summed E-state index contributed by atoms with van der Waals surface area (Å²) in [6.45, 7) is 0. The molecule has 3 N–H and O–H groups in total. The molecule has 1 heterocycles. The van der Waals surface area contributed by atoms with Gasteiger partial charge in [-0.3, -0.25) is 10.2 Å². The van der Waals surface area contributed by atoms with Gasteiger partial charge in [-0.25, -0.2) is 0 Å². The van der Waals surface area contributed by atoms with E-state index >= 15 is 0 Å². The van der Waals surface area contributed by atoms with E-state index in [1.165, 1.54) is 18.5 Å². The van der Waals surface area contributed by atoms with Crippen LogP contribution >= 0.6 is 44.1 Å². The van der Waals surface area contributed by atoms with Gasteiger partial charge < -0.3 is 14.8 Å². The monoisotopic (exact) mass is 495 g/mol. The Balaban J connectivity index is 1.80. The zero-order valence-electron chi connectivity index (χ0n) is 13.0. The Morgan fingerprint density at radius 1 is 1.27 bits per heavy atom. The van der Waals surface area contributed by atoms with Gasteiger partial charge in [0.05, 0.1) is 21.6 Å². The van der Waals surface area contributed by atoms with E-state index in [1.807, 2.05) is 30.3 Å².